The Hall–Kier alpha value is -2.85. The van der Waals surface area contributed by atoms with Crippen molar-refractivity contribution in [2.24, 2.45) is 0 Å². The lowest BCUT2D eigenvalue weighted by atomic mass is 10.1. The number of thioether (sulfide) groups is 1. The van der Waals surface area contributed by atoms with E-state index in [9.17, 15) is 23.9 Å². The van der Waals surface area contributed by atoms with E-state index in [2.05, 4.69) is 9.97 Å². The van der Waals surface area contributed by atoms with Crippen molar-refractivity contribution in [2.45, 2.75) is 24.0 Å². The van der Waals surface area contributed by atoms with Crippen LogP contribution in [0.25, 0.3) is 0 Å². The van der Waals surface area contributed by atoms with Gasteiger partial charge >= 0.3 is 5.97 Å². The maximum absolute atomic E-state index is 13.1. The summed E-state index contributed by atoms with van der Waals surface area (Å²) in [4.78, 5) is 45.7. The summed E-state index contributed by atoms with van der Waals surface area (Å²) < 4.78 is 13.1. The Morgan fingerprint density at radius 3 is 2.62 bits per heavy atom. The molecular formula is C19H19FN4O4S. The van der Waals surface area contributed by atoms with Gasteiger partial charge in [-0.15, -0.1) is 0 Å². The zero-order valence-corrected chi connectivity index (χ0v) is 16.4. The lowest BCUT2D eigenvalue weighted by Gasteiger charge is -2.41. The summed E-state index contributed by atoms with van der Waals surface area (Å²) in [6, 6.07) is 5.38. The van der Waals surface area contributed by atoms with Gasteiger partial charge in [0.1, 0.15) is 17.6 Å². The van der Waals surface area contributed by atoms with Gasteiger partial charge in [-0.3, -0.25) is 14.6 Å². The second kappa shape index (κ2) is 9.10. The summed E-state index contributed by atoms with van der Waals surface area (Å²) in [6.45, 7) is 0.130. The molecule has 0 bridgehead atoms. The number of rotatable bonds is 6. The zero-order chi connectivity index (χ0) is 21.0. The maximum Gasteiger partial charge on any atom is 0.328 e. The number of halogens is 1. The van der Waals surface area contributed by atoms with Crippen molar-refractivity contribution >= 4 is 29.4 Å². The van der Waals surface area contributed by atoms with E-state index in [0.29, 0.717) is 18.1 Å². The minimum Gasteiger partial charge on any atom is -0.480 e. The molecule has 1 aromatic heterocycles. The zero-order valence-electron chi connectivity index (χ0n) is 15.6. The second-order valence-corrected chi connectivity index (χ2v) is 7.17. The van der Waals surface area contributed by atoms with Gasteiger partial charge in [-0.05, 0) is 49.4 Å². The molecule has 1 atom stereocenters. The first-order chi connectivity index (χ1) is 13.9. The van der Waals surface area contributed by atoms with Crippen LogP contribution in [0.4, 0.5) is 4.39 Å². The average molecular weight is 418 g/mol. The summed E-state index contributed by atoms with van der Waals surface area (Å²) in [6.07, 6.45) is 3.97. The second-order valence-electron chi connectivity index (χ2n) is 6.39. The molecular weight excluding hydrogens is 399 g/mol. The Morgan fingerprint density at radius 2 is 1.97 bits per heavy atom. The molecule has 0 saturated carbocycles. The van der Waals surface area contributed by atoms with Crippen LogP contribution in [0.3, 0.4) is 0 Å². The lowest BCUT2D eigenvalue weighted by Crippen LogP contribution is -2.59. The highest BCUT2D eigenvalue weighted by Crippen LogP contribution is 2.22. The Balaban J connectivity index is 1.89. The van der Waals surface area contributed by atoms with Crippen LogP contribution >= 0.6 is 11.8 Å². The van der Waals surface area contributed by atoms with Crippen LogP contribution in [-0.4, -0.2) is 68.1 Å². The van der Waals surface area contributed by atoms with Crippen LogP contribution in [0.2, 0.25) is 0 Å². The quantitative estimate of drug-likeness (QED) is 0.432. The van der Waals surface area contributed by atoms with Gasteiger partial charge in [0.2, 0.25) is 0 Å². The van der Waals surface area contributed by atoms with Crippen LogP contribution < -0.4 is 0 Å². The number of ketones is 1. The summed E-state index contributed by atoms with van der Waals surface area (Å²) in [5.74, 6) is -2.57. The largest absolute Gasteiger partial charge is 0.480 e. The number of Topliss-reactive ketones (excluding diaryl/α,β-unsaturated/α-hetero) is 1. The molecule has 1 aliphatic heterocycles. The minimum absolute atomic E-state index is 0.0525. The molecule has 2 heterocycles. The standard InChI is InChI=1S/C19H19FN4O4S/c1-29-19-21-9-8-14(22-19)17(26)24-15(18(27)28)3-2-10-23(24)11-16(25)12-4-6-13(20)7-5-12/h4-9,15H,2-3,10-11H2,1H3,(H,27,28). The lowest BCUT2D eigenvalue weighted by molar-refractivity contribution is -0.152. The minimum atomic E-state index is -1.16. The van der Waals surface area contributed by atoms with Crippen LogP contribution in [0.5, 0.6) is 0 Å². The Kier molecular flexibility index (Phi) is 6.55. The highest BCUT2D eigenvalue weighted by molar-refractivity contribution is 7.98. The van der Waals surface area contributed by atoms with Crippen molar-refractivity contribution in [3.8, 4) is 0 Å². The van der Waals surface area contributed by atoms with E-state index in [0.717, 1.165) is 5.01 Å². The third-order valence-electron chi connectivity index (χ3n) is 4.51. The normalized spacial score (nSPS) is 17.2. The molecule has 29 heavy (non-hydrogen) atoms. The van der Waals surface area contributed by atoms with Crippen molar-refractivity contribution < 1.29 is 23.9 Å². The molecule has 2 aromatic rings. The Morgan fingerprint density at radius 1 is 1.24 bits per heavy atom. The predicted octanol–water partition coefficient (Wildman–Crippen LogP) is 2.13. The van der Waals surface area contributed by atoms with Gasteiger partial charge in [-0.1, -0.05) is 11.8 Å². The number of nitrogens with zero attached hydrogens (tertiary/aromatic N) is 4. The van der Waals surface area contributed by atoms with E-state index in [4.69, 9.17) is 0 Å². The van der Waals surface area contributed by atoms with Crippen LogP contribution in [0.1, 0.15) is 33.7 Å². The molecule has 0 radical (unpaired) electrons. The molecule has 1 aromatic carbocycles. The summed E-state index contributed by atoms with van der Waals surface area (Å²) in [7, 11) is 0. The number of carbonyl (C=O) groups is 3. The van der Waals surface area contributed by atoms with E-state index in [1.807, 2.05) is 0 Å². The van der Waals surface area contributed by atoms with Crippen LogP contribution in [0.15, 0.2) is 41.7 Å². The topological polar surface area (TPSA) is 104 Å². The molecule has 10 heteroatoms. The van der Waals surface area contributed by atoms with Gasteiger partial charge in [0, 0.05) is 18.3 Å². The first-order valence-electron chi connectivity index (χ1n) is 8.87. The number of carbonyl (C=O) groups excluding carboxylic acids is 2. The molecule has 1 saturated heterocycles. The molecule has 1 unspecified atom stereocenters. The highest BCUT2D eigenvalue weighted by Gasteiger charge is 2.39. The van der Waals surface area contributed by atoms with E-state index < -0.39 is 23.7 Å². The fraction of sp³-hybridized carbons (Fsp3) is 0.316. The van der Waals surface area contributed by atoms with Gasteiger partial charge in [0.15, 0.2) is 10.9 Å². The molecule has 8 nitrogen and oxygen atoms in total. The Bertz CT molecular complexity index is 925. The highest BCUT2D eigenvalue weighted by atomic mass is 32.2. The van der Waals surface area contributed by atoms with Crippen molar-refractivity contribution in [2.75, 3.05) is 19.3 Å². The molecule has 1 amide bonds. The average Bonchev–Trinajstić information content (AvgIpc) is 2.73. The van der Waals surface area contributed by atoms with E-state index in [1.165, 1.54) is 53.3 Å². The summed E-state index contributed by atoms with van der Waals surface area (Å²) >= 11 is 1.26. The number of hydrazine groups is 1. The monoisotopic (exact) mass is 418 g/mol. The van der Waals surface area contributed by atoms with E-state index in [-0.39, 0.29) is 30.0 Å². The predicted molar refractivity (Wildman–Crippen MR) is 103 cm³/mol. The van der Waals surface area contributed by atoms with Crippen molar-refractivity contribution in [1.29, 1.82) is 0 Å². The Labute approximate surface area is 170 Å². The number of benzene rings is 1. The maximum atomic E-state index is 13.1. The number of hydrogen-bond acceptors (Lipinski definition) is 7. The third-order valence-corrected chi connectivity index (χ3v) is 5.08. The van der Waals surface area contributed by atoms with Gasteiger partial charge in [0.05, 0.1) is 6.54 Å². The van der Waals surface area contributed by atoms with E-state index >= 15 is 0 Å². The summed E-state index contributed by atoms with van der Waals surface area (Å²) in [5, 5.41) is 12.5. The molecule has 1 N–H and O–H groups in total. The van der Waals surface area contributed by atoms with Crippen molar-refractivity contribution in [3.63, 3.8) is 0 Å². The third kappa shape index (κ3) is 4.77. The molecule has 0 aliphatic carbocycles. The van der Waals surface area contributed by atoms with Gasteiger partial charge < -0.3 is 5.11 Å². The number of carboxylic acid groups (broad SMARTS) is 1. The SMILES string of the molecule is CSc1nccc(C(=O)N2C(C(=O)O)CCCN2CC(=O)c2ccc(F)cc2)n1. The van der Waals surface area contributed by atoms with Gasteiger partial charge in [-0.25, -0.2) is 24.2 Å². The molecule has 0 spiro atoms. The first-order valence-corrected chi connectivity index (χ1v) is 10.1. The van der Waals surface area contributed by atoms with Gasteiger partial charge in [-0.2, -0.15) is 0 Å². The number of aromatic nitrogens is 2. The van der Waals surface area contributed by atoms with E-state index in [1.54, 1.807) is 6.26 Å². The molecule has 1 fully saturated rings. The van der Waals surface area contributed by atoms with Crippen LogP contribution in [-0.2, 0) is 4.79 Å². The molecule has 152 valence electrons. The number of carboxylic acids is 1. The first kappa shape index (κ1) is 20.9. The fourth-order valence-corrected chi connectivity index (χ4v) is 3.47. The molecule has 3 rings (SSSR count). The van der Waals surface area contributed by atoms with Gasteiger partial charge in [0.25, 0.3) is 5.91 Å². The fourth-order valence-electron chi connectivity index (χ4n) is 3.12. The van der Waals surface area contributed by atoms with Crippen molar-refractivity contribution in [3.05, 3.63) is 53.6 Å². The number of amides is 1. The van der Waals surface area contributed by atoms with Crippen LogP contribution in [0, 0.1) is 5.82 Å². The molecule has 1 aliphatic rings. The smallest absolute Gasteiger partial charge is 0.328 e. The number of aliphatic carboxylic acids is 1. The number of hydrogen-bond donors (Lipinski definition) is 1. The summed E-state index contributed by atoms with van der Waals surface area (Å²) in [5.41, 5.74) is 0.333. The van der Waals surface area contributed by atoms with Crippen molar-refractivity contribution in [1.82, 2.24) is 20.0 Å².